The molecule has 140 valence electrons. The van der Waals surface area contributed by atoms with Gasteiger partial charge in [0.2, 0.25) is 5.91 Å². The summed E-state index contributed by atoms with van der Waals surface area (Å²) in [6.45, 7) is 1.80. The Balaban J connectivity index is 1.69. The van der Waals surface area contributed by atoms with Crippen molar-refractivity contribution in [3.05, 3.63) is 24.5 Å². The van der Waals surface area contributed by atoms with Crippen LogP contribution < -0.4 is 0 Å². The monoisotopic (exact) mass is 395 g/mol. The molecule has 1 aliphatic rings. The van der Waals surface area contributed by atoms with E-state index in [0.29, 0.717) is 17.4 Å². The number of amides is 1. The quantitative estimate of drug-likeness (QED) is 0.697. The minimum atomic E-state index is -3.02. The minimum Gasteiger partial charge on any atom is -0.341 e. The summed E-state index contributed by atoms with van der Waals surface area (Å²) < 4.78 is 25.1. The summed E-state index contributed by atoms with van der Waals surface area (Å²) in [6.07, 6.45) is 3.87. The van der Waals surface area contributed by atoms with Crippen LogP contribution in [0.25, 0.3) is 11.4 Å². The zero-order chi connectivity index (χ0) is 18.9. The lowest BCUT2D eigenvalue weighted by atomic mass is 10.2. The first-order valence-electron chi connectivity index (χ1n) is 8.22. The summed E-state index contributed by atoms with van der Waals surface area (Å²) in [5, 5.41) is 8.62. The Kier molecular flexibility index (Phi) is 5.33. The Bertz CT molecular complexity index is 898. The summed E-state index contributed by atoms with van der Waals surface area (Å²) in [4.78, 5) is 18.2. The Morgan fingerprint density at radius 1 is 1.35 bits per heavy atom. The molecule has 0 bridgehead atoms. The third-order valence-corrected chi connectivity index (χ3v) is 7.38. The van der Waals surface area contributed by atoms with Crippen molar-refractivity contribution in [3.63, 3.8) is 0 Å². The summed E-state index contributed by atoms with van der Waals surface area (Å²) in [7, 11) is 0.495. The van der Waals surface area contributed by atoms with Gasteiger partial charge in [-0.1, -0.05) is 11.8 Å². The van der Waals surface area contributed by atoms with Crippen molar-refractivity contribution in [3.8, 4) is 11.4 Å². The number of nitrogens with zero attached hydrogens (tertiary/aromatic N) is 5. The molecule has 0 unspecified atom stereocenters. The number of pyridine rings is 1. The van der Waals surface area contributed by atoms with Gasteiger partial charge in [-0.25, -0.2) is 8.42 Å². The van der Waals surface area contributed by atoms with Crippen LogP contribution in [0.4, 0.5) is 0 Å². The van der Waals surface area contributed by atoms with Crippen LogP contribution in [-0.4, -0.2) is 68.8 Å². The Morgan fingerprint density at radius 2 is 2.04 bits per heavy atom. The zero-order valence-corrected chi connectivity index (χ0v) is 16.5. The van der Waals surface area contributed by atoms with Crippen LogP contribution in [0.5, 0.6) is 0 Å². The second-order valence-electron chi connectivity index (χ2n) is 6.37. The molecule has 1 saturated heterocycles. The highest BCUT2D eigenvalue weighted by molar-refractivity contribution is 8.00. The van der Waals surface area contributed by atoms with Crippen LogP contribution in [0, 0.1) is 0 Å². The lowest BCUT2D eigenvalue weighted by Crippen LogP contribution is -2.41. The molecule has 0 N–H and O–H groups in total. The molecule has 2 aromatic rings. The molecule has 0 radical (unpaired) electrons. The molecule has 1 amide bonds. The predicted octanol–water partition coefficient (Wildman–Crippen LogP) is 1.00. The Hall–Kier alpha value is -1.94. The highest BCUT2D eigenvalue weighted by Gasteiger charge is 2.34. The second kappa shape index (κ2) is 7.36. The lowest BCUT2D eigenvalue weighted by Gasteiger charge is -2.26. The van der Waals surface area contributed by atoms with E-state index >= 15 is 0 Å². The van der Waals surface area contributed by atoms with Crippen LogP contribution >= 0.6 is 11.8 Å². The second-order valence-corrected chi connectivity index (χ2v) is 9.90. The van der Waals surface area contributed by atoms with Crippen LogP contribution in [-0.2, 0) is 21.7 Å². The minimum absolute atomic E-state index is 0.0444. The molecule has 2 aromatic heterocycles. The van der Waals surface area contributed by atoms with Crippen molar-refractivity contribution >= 4 is 27.5 Å². The van der Waals surface area contributed by atoms with E-state index in [2.05, 4.69) is 15.2 Å². The van der Waals surface area contributed by atoms with Crippen LogP contribution in [0.2, 0.25) is 0 Å². The normalized spacial score (nSPS) is 20.0. The summed E-state index contributed by atoms with van der Waals surface area (Å²) >= 11 is 1.31. The predicted molar refractivity (Wildman–Crippen MR) is 99.4 cm³/mol. The van der Waals surface area contributed by atoms with E-state index in [1.165, 1.54) is 11.8 Å². The highest BCUT2D eigenvalue weighted by Crippen LogP contribution is 2.27. The van der Waals surface area contributed by atoms with Gasteiger partial charge in [0.25, 0.3) is 0 Å². The van der Waals surface area contributed by atoms with Crippen LogP contribution in [0.3, 0.4) is 0 Å². The first-order chi connectivity index (χ1) is 12.3. The first kappa shape index (κ1) is 18.8. The average Bonchev–Trinajstić information content (AvgIpc) is 3.17. The van der Waals surface area contributed by atoms with Gasteiger partial charge < -0.3 is 9.47 Å². The van der Waals surface area contributed by atoms with Gasteiger partial charge in [0.1, 0.15) is 0 Å². The molecule has 26 heavy (non-hydrogen) atoms. The number of hydrogen-bond donors (Lipinski definition) is 0. The lowest BCUT2D eigenvalue weighted by molar-refractivity contribution is -0.130. The molecule has 1 aliphatic heterocycles. The molecule has 2 atom stereocenters. The Labute approximate surface area is 156 Å². The van der Waals surface area contributed by atoms with Crippen molar-refractivity contribution in [1.29, 1.82) is 0 Å². The summed E-state index contributed by atoms with van der Waals surface area (Å²) in [6, 6.07) is 3.45. The van der Waals surface area contributed by atoms with E-state index in [1.807, 2.05) is 23.7 Å². The number of thioether (sulfide) groups is 1. The molecule has 0 aliphatic carbocycles. The number of rotatable bonds is 5. The fourth-order valence-corrected chi connectivity index (χ4v) is 5.62. The number of hydrogen-bond acceptors (Lipinski definition) is 7. The molecule has 0 aromatic carbocycles. The van der Waals surface area contributed by atoms with E-state index in [-0.39, 0.29) is 23.5 Å². The van der Waals surface area contributed by atoms with E-state index in [0.717, 1.165) is 5.56 Å². The number of carbonyl (C=O) groups excluding carboxylic acids is 1. The van der Waals surface area contributed by atoms with E-state index < -0.39 is 15.1 Å². The van der Waals surface area contributed by atoms with Gasteiger partial charge in [0.05, 0.1) is 16.8 Å². The number of sulfone groups is 1. The average molecular weight is 396 g/mol. The molecular formula is C16H21N5O3S2. The van der Waals surface area contributed by atoms with E-state index in [4.69, 9.17) is 0 Å². The van der Waals surface area contributed by atoms with Crippen LogP contribution in [0.1, 0.15) is 13.3 Å². The first-order valence-corrected chi connectivity index (χ1v) is 10.9. The fourth-order valence-electron chi connectivity index (χ4n) is 2.93. The van der Waals surface area contributed by atoms with Crippen LogP contribution in [0.15, 0.2) is 29.7 Å². The molecule has 0 spiro atoms. The van der Waals surface area contributed by atoms with E-state index in [9.17, 15) is 13.2 Å². The fraction of sp³-hybridized carbons (Fsp3) is 0.500. The van der Waals surface area contributed by atoms with Gasteiger partial charge in [-0.3, -0.25) is 9.78 Å². The van der Waals surface area contributed by atoms with Gasteiger partial charge in [0.15, 0.2) is 20.8 Å². The molecule has 8 nitrogen and oxygen atoms in total. The molecule has 3 heterocycles. The number of aromatic nitrogens is 4. The van der Waals surface area contributed by atoms with Crippen molar-refractivity contribution in [2.24, 2.45) is 7.05 Å². The third-order valence-electron chi connectivity index (χ3n) is 4.51. The molecule has 10 heteroatoms. The zero-order valence-electron chi connectivity index (χ0n) is 14.9. The Morgan fingerprint density at radius 3 is 2.65 bits per heavy atom. The van der Waals surface area contributed by atoms with Gasteiger partial charge in [-0.2, -0.15) is 0 Å². The molecule has 0 saturated carbocycles. The van der Waals surface area contributed by atoms with Crippen molar-refractivity contribution < 1.29 is 13.2 Å². The van der Waals surface area contributed by atoms with Crippen molar-refractivity contribution in [1.82, 2.24) is 24.6 Å². The summed E-state index contributed by atoms with van der Waals surface area (Å²) in [5.74, 6) is 0.786. The highest BCUT2D eigenvalue weighted by atomic mass is 32.2. The SMILES string of the molecule is C[C@@H](Sc1nnc(-c2ccncc2)n1C)C(=O)N(C)[C@H]1CCS(=O)(=O)C1. The van der Waals surface area contributed by atoms with Gasteiger partial charge in [-0.05, 0) is 25.5 Å². The van der Waals surface area contributed by atoms with Crippen molar-refractivity contribution in [2.75, 3.05) is 18.6 Å². The molecular weight excluding hydrogens is 374 g/mol. The smallest absolute Gasteiger partial charge is 0.235 e. The van der Waals surface area contributed by atoms with Gasteiger partial charge in [-0.15, -0.1) is 10.2 Å². The van der Waals surface area contributed by atoms with E-state index in [1.54, 1.807) is 31.3 Å². The molecule has 1 fully saturated rings. The largest absolute Gasteiger partial charge is 0.341 e. The molecule has 3 rings (SSSR count). The topological polar surface area (TPSA) is 98.1 Å². The van der Waals surface area contributed by atoms with Gasteiger partial charge in [0, 0.05) is 38.1 Å². The maximum Gasteiger partial charge on any atom is 0.235 e. The van der Waals surface area contributed by atoms with Crippen molar-refractivity contribution in [2.45, 2.75) is 29.8 Å². The maximum absolute atomic E-state index is 12.7. The summed E-state index contributed by atoms with van der Waals surface area (Å²) in [5.41, 5.74) is 0.897. The standard InChI is InChI=1S/C16H21N5O3S2/c1-11(15(22)20(2)13-6-9-26(23,24)10-13)25-16-19-18-14(21(16)3)12-4-7-17-8-5-12/h4-5,7-8,11,13H,6,9-10H2,1-3H3/t11-,13+/m1/s1. The third kappa shape index (κ3) is 3.90. The number of carbonyl (C=O) groups is 1. The van der Waals surface area contributed by atoms with Gasteiger partial charge >= 0.3 is 0 Å². The maximum atomic E-state index is 12.7.